The number of hydrogen-bond acceptors (Lipinski definition) is 7. The zero-order valence-electron chi connectivity index (χ0n) is 16.0. The molecule has 152 valence electrons. The number of hydrogen-bond donors (Lipinski definition) is 3. The van der Waals surface area contributed by atoms with Gasteiger partial charge in [-0.05, 0) is 32.6 Å². The van der Waals surface area contributed by atoms with Crippen molar-refractivity contribution in [2.24, 2.45) is 0 Å². The molecule has 3 aromatic rings. The van der Waals surface area contributed by atoms with Crippen LogP contribution in [-0.4, -0.2) is 70.5 Å². The van der Waals surface area contributed by atoms with Gasteiger partial charge in [0.05, 0.1) is 23.8 Å². The van der Waals surface area contributed by atoms with Gasteiger partial charge in [0.25, 0.3) is 0 Å². The summed E-state index contributed by atoms with van der Waals surface area (Å²) in [6.45, 7) is 1.87. The summed E-state index contributed by atoms with van der Waals surface area (Å²) in [5, 5.41) is 3.07. The highest BCUT2D eigenvalue weighted by Gasteiger charge is 2.26. The van der Waals surface area contributed by atoms with Gasteiger partial charge in [-0.3, -0.25) is 4.79 Å². The summed E-state index contributed by atoms with van der Waals surface area (Å²) in [5.74, 6) is 1.69. The van der Waals surface area contributed by atoms with Crippen LogP contribution in [0.15, 0.2) is 30.5 Å². The third kappa shape index (κ3) is 3.74. The predicted molar refractivity (Wildman–Crippen MR) is 115 cm³/mol. The summed E-state index contributed by atoms with van der Waals surface area (Å²) in [7, 11) is 3.76. The molecule has 4 rings (SSSR count). The molecule has 1 saturated heterocycles. The molecule has 3 heterocycles. The largest absolute Gasteiger partial charge is 0.382 e. The number of amides is 1. The number of H-pyrrole nitrogens is 1. The van der Waals surface area contributed by atoms with Gasteiger partial charge in [0, 0.05) is 23.4 Å². The number of likely N-dealkylation sites (N-methyl/N-ethyl adjacent to an activating group) is 1. The first-order valence-electron chi connectivity index (χ1n) is 9.26. The van der Waals surface area contributed by atoms with Crippen LogP contribution in [0.2, 0.25) is 0 Å². The maximum absolute atomic E-state index is 12.0. The number of imidazole rings is 1. The lowest BCUT2D eigenvalue weighted by Gasteiger charge is -2.19. The van der Waals surface area contributed by atoms with Crippen LogP contribution < -0.4 is 16.0 Å². The smallest absolute Gasteiger partial charge is 0.234 e. The molecule has 28 heavy (non-hydrogen) atoms. The molecule has 4 N–H and O–H groups in total. The number of nitrogens with one attached hydrogen (secondary N) is 2. The zero-order chi connectivity index (χ0) is 19.7. The van der Waals surface area contributed by atoms with Crippen molar-refractivity contribution in [2.75, 3.05) is 44.4 Å². The van der Waals surface area contributed by atoms with E-state index in [9.17, 15) is 4.79 Å². The Morgan fingerprint density at radius 3 is 3.00 bits per heavy atom. The number of rotatable bonds is 5. The Balaban J connectivity index is 0.00000160. The molecule has 1 amide bonds. The predicted octanol–water partition coefficient (Wildman–Crippen LogP) is 1.60. The minimum Gasteiger partial charge on any atom is -0.382 e. The molecular weight excluding hydrogens is 356 g/mol. The van der Waals surface area contributed by atoms with Crippen LogP contribution in [0.1, 0.15) is 10.7 Å². The fraction of sp³-hybridized carbons (Fsp3) is 0.368. The van der Waals surface area contributed by atoms with Crippen molar-refractivity contribution < 1.29 is 9.07 Å². The Morgan fingerprint density at radius 1 is 1.39 bits per heavy atom. The highest BCUT2D eigenvalue weighted by molar-refractivity contribution is 5.80. The number of anilines is 2. The molecule has 1 fully saturated rings. The summed E-state index contributed by atoms with van der Waals surface area (Å²) >= 11 is 0. The highest BCUT2D eigenvalue weighted by atomic mass is 16.2. The molecule has 0 spiro atoms. The second kappa shape index (κ2) is 7.43. The number of nitrogen functional groups attached to an aromatic ring is 1. The van der Waals surface area contributed by atoms with E-state index in [2.05, 4.69) is 25.2 Å². The Labute approximate surface area is 167 Å². The van der Waals surface area contributed by atoms with Crippen molar-refractivity contribution in [3.05, 3.63) is 30.5 Å². The molecule has 0 unspecified atom stereocenters. The first-order chi connectivity index (χ1) is 13.5. The second-order valence-electron chi connectivity index (χ2n) is 7.30. The van der Waals surface area contributed by atoms with Crippen molar-refractivity contribution in [1.82, 2.24) is 30.2 Å². The highest BCUT2D eigenvalue weighted by Crippen LogP contribution is 2.26. The van der Waals surface area contributed by atoms with Crippen LogP contribution in [-0.2, 0) is 4.79 Å². The number of carbonyl (C=O) groups is 1. The van der Waals surface area contributed by atoms with Gasteiger partial charge in [-0.15, -0.1) is 0 Å². The molecule has 1 aliphatic rings. The normalized spacial score (nSPS) is 16.8. The van der Waals surface area contributed by atoms with Crippen molar-refractivity contribution in [1.29, 1.82) is 0 Å². The molecular formula is C19H30N8O. The number of carbonyl (C=O) groups excluding carboxylic acids is 1. The lowest BCUT2D eigenvalue weighted by atomic mass is 10.2. The van der Waals surface area contributed by atoms with E-state index in [4.69, 9.17) is 10.7 Å². The molecule has 0 radical (unpaired) electrons. The minimum atomic E-state index is 0. The Morgan fingerprint density at radius 2 is 2.21 bits per heavy atom. The van der Waals surface area contributed by atoms with E-state index < -0.39 is 0 Å². The molecule has 1 atom stereocenters. The van der Waals surface area contributed by atoms with Crippen LogP contribution in [0.3, 0.4) is 0 Å². The lowest BCUT2D eigenvalue weighted by Crippen LogP contribution is -2.41. The first kappa shape index (κ1) is 18.2. The van der Waals surface area contributed by atoms with Gasteiger partial charge in [0.2, 0.25) is 5.91 Å². The van der Waals surface area contributed by atoms with Gasteiger partial charge in [0.1, 0.15) is 5.82 Å². The van der Waals surface area contributed by atoms with Crippen LogP contribution in [0.25, 0.3) is 22.6 Å². The van der Waals surface area contributed by atoms with Crippen molar-refractivity contribution in [3.63, 3.8) is 0 Å². The van der Waals surface area contributed by atoms with E-state index in [1.54, 1.807) is 6.20 Å². The molecule has 1 aromatic carbocycles. The van der Waals surface area contributed by atoms with E-state index in [-0.39, 0.29) is 16.2 Å². The molecule has 0 aliphatic carbocycles. The van der Waals surface area contributed by atoms with Crippen molar-refractivity contribution in [2.45, 2.75) is 12.5 Å². The molecule has 0 saturated carbocycles. The van der Waals surface area contributed by atoms with E-state index in [1.165, 1.54) is 0 Å². The molecule has 9 nitrogen and oxygen atoms in total. The molecule has 2 aromatic heterocycles. The minimum absolute atomic E-state index is 0. The number of aromatic amines is 1. The average Bonchev–Trinajstić information content (AvgIpc) is 3.28. The number of nitrogens with two attached hydrogens (primary N) is 1. The number of aromatic nitrogens is 4. The van der Waals surface area contributed by atoms with Crippen molar-refractivity contribution in [3.8, 4) is 11.5 Å². The lowest BCUT2D eigenvalue weighted by molar-refractivity contribution is -0.122. The van der Waals surface area contributed by atoms with E-state index in [1.807, 2.05) is 43.3 Å². The maximum Gasteiger partial charge on any atom is 0.234 e. The van der Waals surface area contributed by atoms with Gasteiger partial charge in [-0.2, -0.15) is 0 Å². The average molecular weight is 387 g/mol. The number of nitrogens with zero attached hydrogens (tertiary/aromatic N) is 5. The molecule has 1 aliphatic heterocycles. The number of fused-ring (bicyclic) bond motifs is 1. The number of para-hydroxylation sites is 2. The van der Waals surface area contributed by atoms with E-state index in [0.717, 1.165) is 29.8 Å². The van der Waals surface area contributed by atoms with Crippen LogP contribution in [0, 0.1) is 0 Å². The topological polar surface area (TPSA) is 116 Å². The maximum atomic E-state index is 12.0. The second-order valence-corrected chi connectivity index (χ2v) is 7.30. The monoisotopic (exact) mass is 386 g/mol. The first-order valence-corrected chi connectivity index (χ1v) is 9.26. The number of benzene rings is 1. The van der Waals surface area contributed by atoms with Gasteiger partial charge >= 0.3 is 0 Å². The standard InChI is InChI=1S/C19H24N8O.3H2/c1-26(2)11-16(28)22-12-7-8-27(10-12)15-9-21-18(20)17(25-15)19-23-13-5-3-4-6-14(13)24-19;;;/h3-6,9,12H,7-8,10-11H2,1-2H3,(H2,20,21)(H,22,28)(H,23,24);3*1H/t12-;;;/m0.../s1. The summed E-state index contributed by atoms with van der Waals surface area (Å²) in [6, 6.07) is 7.88. The van der Waals surface area contributed by atoms with Crippen LogP contribution in [0.4, 0.5) is 11.6 Å². The van der Waals surface area contributed by atoms with Crippen molar-refractivity contribution >= 4 is 28.6 Å². The molecule has 0 bridgehead atoms. The zero-order valence-corrected chi connectivity index (χ0v) is 16.0. The van der Waals surface area contributed by atoms with Gasteiger partial charge in [-0.1, -0.05) is 12.1 Å². The summed E-state index contributed by atoms with van der Waals surface area (Å²) in [4.78, 5) is 32.8. The summed E-state index contributed by atoms with van der Waals surface area (Å²) in [5.41, 5.74) is 8.38. The quantitative estimate of drug-likeness (QED) is 0.610. The van der Waals surface area contributed by atoms with E-state index in [0.29, 0.717) is 30.4 Å². The van der Waals surface area contributed by atoms with Gasteiger partial charge in [0.15, 0.2) is 17.3 Å². The third-order valence-electron chi connectivity index (χ3n) is 4.74. The Bertz CT molecular complexity index is 980. The third-order valence-corrected chi connectivity index (χ3v) is 4.74. The Hall–Kier alpha value is -3.20. The fourth-order valence-electron chi connectivity index (χ4n) is 3.43. The van der Waals surface area contributed by atoms with Gasteiger partial charge < -0.3 is 25.8 Å². The summed E-state index contributed by atoms with van der Waals surface area (Å²) < 4.78 is 0. The SMILES string of the molecule is CN(C)CC(=O)N[C@H]1CCN(c2cnc(N)c(-c3nc4ccccc4[nH]3)n2)C1.[HH].[HH].[HH]. The Kier molecular flexibility index (Phi) is 4.82. The van der Waals surface area contributed by atoms with Gasteiger partial charge in [-0.25, -0.2) is 15.0 Å². The molecule has 9 heteroatoms. The van der Waals surface area contributed by atoms with Crippen LogP contribution in [0.5, 0.6) is 0 Å². The van der Waals surface area contributed by atoms with Crippen LogP contribution >= 0.6 is 0 Å². The summed E-state index contributed by atoms with van der Waals surface area (Å²) in [6.07, 6.45) is 2.54. The van der Waals surface area contributed by atoms with E-state index >= 15 is 0 Å². The fourth-order valence-corrected chi connectivity index (χ4v) is 3.43.